The molecule has 4 heteroatoms. The van der Waals surface area contributed by atoms with Crippen LogP contribution >= 0.6 is 11.3 Å². The molecule has 2 aromatic carbocycles. The fraction of sp³-hybridized carbons (Fsp3) is 0.385. The number of hydrogen-bond acceptors (Lipinski definition) is 4. The zero-order chi connectivity index (χ0) is 20.7. The summed E-state index contributed by atoms with van der Waals surface area (Å²) < 4.78 is 0. The summed E-state index contributed by atoms with van der Waals surface area (Å²) in [7, 11) is 0. The standard InChI is InChI=1S/C26H30N2OS/c1-26(2)16-22-21(23(29)17-26)18-27(19-10-5-3-6-11-19)25(24-14-9-15-30-24)28(22)20-12-7-4-8-13-20/h3-15,21-23,25,29H,16-18H2,1-2H3. The molecule has 1 aliphatic heterocycles. The number of nitrogens with zero attached hydrogens (tertiary/aromatic N) is 2. The van der Waals surface area contributed by atoms with Gasteiger partial charge in [-0.05, 0) is 54.0 Å². The average molecular weight is 419 g/mol. The second kappa shape index (κ2) is 7.75. The monoisotopic (exact) mass is 418 g/mol. The van der Waals surface area contributed by atoms with Crippen LogP contribution in [-0.4, -0.2) is 23.8 Å². The van der Waals surface area contributed by atoms with E-state index < -0.39 is 0 Å². The third-order valence-corrected chi connectivity index (χ3v) is 7.69. The predicted octanol–water partition coefficient (Wildman–Crippen LogP) is 5.94. The Kier molecular flexibility index (Phi) is 5.08. The Morgan fingerprint density at radius 3 is 2.17 bits per heavy atom. The van der Waals surface area contributed by atoms with Crippen molar-refractivity contribution in [2.24, 2.45) is 11.3 Å². The smallest absolute Gasteiger partial charge is 0.138 e. The van der Waals surface area contributed by atoms with Gasteiger partial charge in [-0.3, -0.25) is 0 Å². The zero-order valence-electron chi connectivity index (χ0n) is 17.7. The van der Waals surface area contributed by atoms with E-state index >= 15 is 0 Å². The minimum Gasteiger partial charge on any atom is -0.393 e. The van der Waals surface area contributed by atoms with Crippen molar-refractivity contribution in [3.8, 4) is 0 Å². The molecule has 2 heterocycles. The van der Waals surface area contributed by atoms with E-state index in [1.165, 1.54) is 16.3 Å². The van der Waals surface area contributed by atoms with E-state index in [0.29, 0.717) is 6.04 Å². The topological polar surface area (TPSA) is 26.7 Å². The Bertz CT molecular complexity index is 957. The maximum Gasteiger partial charge on any atom is 0.138 e. The second-order valence-corrected chi connectivity index (χ2v) is 10.5. The van der Waals surface area contributed by atoms with Crippen molar-refractivity contribution in [1.82, 2.24) is 0 Å². The summed E-state index contributed by atoms with van der Waals surface area (Å²) in [6.07, 6.45) is 1.79. The van der Waals surface area contributed by atoms with Crippen LogP contribution in [0.4, 0.5) is 11.4 Å². The lowest BCUT2D eigenvalue weighted by molar-refractivity contribution is -0.00703. The molecular formula is C26H30N2OS. The number of anilines is 2. The number of para-hydroxylation sites is 2. The highest BCUT2D eigenvalue weighted by Crippen LogP contribution is 2.50. The van der Waals surface area contributed by atoms with Crippen LogP contribution in [0.2, 0.25) is 0 Å². The molecule has 1 aliphatic carbocycles. The van der Waals surface area contributed by atoms with E-state index in [9.17, 15) is 5.11 Å². The van der Waals surface area contributed by atoms with Gasteiger partial charge in [-0.1, -0.05) is 56.3 Å². The van der Waals surface area contributed by atoms with E-state index in [4.69, 9.17) is 0 Å². The van der Waals surface area contributed by atoms with Crippen molar-refractivity contribution in [3.05, 3.63) is 83.1 Å². The van der Waals surface area contributed by atoms with Crippen molar-refractivity contribution < 1.29 is 5.11 Å². The molecule has 0 amide bonds. The highest BCUT2D eigenvalue weighted by atomic mass is 32.1. The lowest BCUT2D eigenvalue weighted by Gasteiger charge is -2.58. The first kappa shape index (κ1) is 19.7. The van der Waals surface area contributed by atoms with Crippen LogP contribution in [0.25, 0.3) is 0 Å². The van der Waals surface area contributed by atoms with Crippen molar-refractivity contribution in [2.75, 3.05) is 16.3 Å². The van der Waals surface area contributed by atoms with E-state index in [0.717, 1.165) is 19.4 Å². The third-order valence-electron chi connectivity index (χ3n) is 6.78. The zero-order valence-corrected chi connectivity index (χ0v) is 18.5. The molecule has 0 spiro atoms. The minimum atomic E-state index is -0.291. The molecule has 3 nitrogen and oxygen atoms in total. The van der Waals surface area contributed by atoms with Gasteiger partial charge < -0.3 is 14.9 Å². The minimum absolute atomic E-state index is 0.122. The van der Waals surface area contributed by atoms with Crippen LogP contribution in [0.3, 0.4) is 0 Å². The van der Waals surface area contributed by atoms with Crippen LogP contribution in [-0.2, 0) is 0 Å². The summed E-state index contributed by atoms with van der Waals surface area (Å²) >= 11 is 1.82. The molecule has 5 rings (SSSR count). The van der Waals surface area contributed by atoms with Crippen LogP contribution in [0.1, 0.15) is 37.7 Å². The largest absolute Gasteiger partial charge is 0.393 e. The highest BCUT2D eigenvalue weighted by Gasteiger charge is 2.50. The Morgan fingerprint density at radius 1 is 0.867 bits per heavy atom. The quantitative estimate of drug-likeness (QED) is 0.570. The number of rotatable bonds is 3. The number of benzene rings is 2. The van der Waals surface area contributed by atoms with Gasteiger partial charge in [0.2, 0.25) is 0 Å². The molecule has 1 aromatic heterocycles. The average Bonchev–Trinajstić information content (AvgIpc) is 3.28. The first-order valence-electron chi connectivity index (χ1n) is 10.9. The molecule has 0 bridgehead atoms. The number of thiophene rings is 1. The maximum absolute atomic E-state index is 11.2. The Balaban J connectivity index is 1.68. The van der Waals surface area contributed by atoms with Crippen LogP contribution in [0.15, 0.2) is 78.2 Å². The van der Waals surface area contributed by atoms with Gasteiger partial charge in [-0.25, -0.2) is 0 Å². The Labute approximate surface area is 183 Å². The van der Waals surface area contributed by atoms with Crippen molar-refractivity contribution in [3.63, 3.8) is 0 Å². The van der Waals surface area contributed by atoms with Crippen molar-refractivity contribution >= 4 is 22.7 Å². The lowest BCUT2D eigenvalue weighted by Crippen LogP contribution is -2.63. The first-order valence-corrected chi connectivity index (χ1v) is 11.8. The highest BCUT2D eigenvalue weighted by molar-refractivity contribution is 7.10. The van der Waals surface area contributed by atoms with Crippen molar-refractivity contribution in [2.45, 2.75) is 45.0 Å². The van der Waals surface area contributed by atoms with Gasteiger partial charge in [0.25, 0.3) is 0 Å². The normalized spacial score (nSPS) is 28.2. The van der Waals surface area contributed by atoms with E-state index in [2.05, 4.69) is 102 Å². The second-order valence-electron chi connectivity index (χ2n) is 9.49. The van der Waals surface area contributed by atoms with Gasteiger partial charge in [0.15, 0.2) is 0 Å². The van der Waals surface area contributed by atoms with E-state index in [-0.39, 0.29) is 23.6 Å². The van der Waals surface area contributed by atoms with Gasteiger partial charge >= 0.3 is 0 Å². The molecular weight excluding hydrogens is 388 g/mol. The molecule has 4 atom stereocenters. The van der Waals surface area contributed by atoms with Gasteiger partial charge in [-0.15, -0.1) is 11.3 Å². The summed E-state index contributed by atoms with van der Waals surface area (Å²) in [5.74, 6) is 0.217. The summed E-state index contributed by atoms with van der Waals surface area (Å²) in [6.45, 7) is 5.48. The number of aliphatic hydroxyl groups is 1. The van der Waals surface area contributed by atoms with Gasteiger partial charge in [0.1, 0.15) is 6.17 Å². The molecule has 2 fully saturated rings. The van der Waals surface area contributed by atoms with Crippen LogP contribution in [0.5, 0.6) is 0 Å². The Morgan fingerprint density at radius 2 is 1.53 bits per heavy atom. The molecule has 1 N–H and O–H groups in total. The Hall–Kier alpha value is -2.30. The van der Waals surface area contributed by atoms with E-state index in [1.807, 2.05) is 11.3 Å². The summed E-state index contributed by atoms with van der Waals surface area (Å²) in [5.41, 5.74) is 2.58. The molecule has 1 saturated carbocycles. The third kappa shape index (κ3) is 3.52. The van der Waals surface area contributed by atoms with E-state index in [1.54, 1.807) is 0 Å². The fourth-order valence-electron chi connectivity index (χ4n) is 5.51. The van der Waals surface area contributed by atoms with Gasteiger partial charge in [-0.2, -0.15) is 0 Å². The molecule has 4 unspecified atom stereocenters. The van der Waals surface area contributed by atoms with Crippen molar-refractivity contribution in [1.29, 1.82) is 0 Å². The first-order chi connectivity index (χ1) is 14.5. The SMILES string of the molecule is CC1(C)CC(O)C2CN(c3ccccc3)C(c3cccs3)N(c3ccccc3)C2C1. The summed E-state index contributed by atoms with van der Waals surface area (Å²) in [6, 6.07) is 26.2. The predicted molar refractivity (Wildman–Crippen MR) is 126 cm³/mol. The van der Waals surface area contributed by atoms with Gasteiger partial charge in [0.05, 0.1) is 6.10 Å². The maximum atomic E-state index is 11.2. The molecule has 2 aliphatic rings. The van der Waals surface area contributed by atoms with Gasteiger partial charge in [0, 0.05) is 34.8 Å². The molecule has 1 saturated heterocycles. The molecule has 3 aromatic rings. The molecule has 156 valence electrons. The van der Waals surface area contributed by atoms with Crippen LogP contribution < -0.4 is 9.80 Å². The number of hydrogen-bond donors (Lipinski definition) is 1. The number of fused-ring (bicyclic) bond motifs is 1. The molecule has 0 radical (unpaired) electrons. The number of aliphatic hydroxyl groups excluding tert-OH is 1. The lowest BCUT2D eigenvalue weighted by atomic mass is 9.67. The summed E-state index contributed by atoms with van der Waals surface area (Å²) in [4.78, 5) is 6.44. The summed E-state index contributed by atoms with van der Waals surface area (Å²) in [5, 5.41) is 13.4. The molecule has 30 heavy (non-hydrogen) atoms. The fourth-order valence-corrected chi connectivity index (χ4v) is 6.34. The van der Waals surface area contributed by atoms with Crippen LogP contribution in [0, 0.1) is 11.3 Å².